The van der Waals surface area contributed by atoms with Gasteiger partial charge in [-0.3, -0.25) is 0 Å². The van der Waals surface area contributed by atoms with Crippen molar-refractivity contribution >= 4 is 38.2 Å². The Bertz CT molecular complexity index is 1250. The molecule has 0 amide bonds. The fourth-order valence-corrected chi connectivity index (χ4v) is 5.18. The number of halogens is 1. The largest absolute Gasteiger partial charge is 0.327 e. The molecule has 0 saturated carbocycles. The molecule has 4 rings (SSSR count). The van der Waals surface area contributed by atoms with E-state index in [1.807, 2.05) is 17.6 Å². The number of fused-ring (bicyclic) bond motifs is 2. The van der Waals surface area contributed by atoms with Crippen molar-refractivity contribution in [2.75, 3.05) is 18.3 Å². The van der Waals surface area contributed by atoms with E-state index in [1.165, 1.54) is 11.3 Å². The van der Waals surface area contributed by atoms with E-state index in [-0.39, 0.29) is 5.28 Å². The first-order valence-corrected chi connectivity index (χ1v) is 13.2. The first-order chi connectivity index (χ1) is 14.0. The third-order valence-electron chi connectivity index (χ3n) is 6.39. The number of benzene rings is 1. The molecule has 0 aliphatic carbocycles. The Kier molecular flexibility index (Phi) is 5.14. The van der Waals surface area contributed by atoms with Crippen LogP contribution in [0.15, 0.2) is 30.5 Å². The molecule has 0 saturated heterocycles. The van der Waals surface area contributed by atoms with E-state index in [0.717, 1.165) is 40.2 Å². The van der Waals surface area contributed by atoms with E-state index in [0.29, 0.717) is 4.75 Å². The van der Waals surface area contributed by atoms with Gasteiger partial charge in [0.15, 0.2) is 0 Å². The molecule has 0 bridgehead atoms. The average Bonchev–Trinajstić information content (AvgIpc) is 3.19. The number of aryl methyl sites for hydroxylation is 3. The second kappa shape index (κ2) is 7.27. The summed E-state index contributed by atoms with van der Waals surface area (Å²) in [6.07, 6.45) is 6.81. The van der Waals surface area contributed by atoms with Crippen molar-refractivity contribution < 1.29 is 0 Å². The molecule has 5 nitrogen and oxygen atoms in total. The quantitative estimate of drug-likeness (QED) is 0.395. The lowest BCUT2D eigenvalue weighted by Crippen LogP contribution is -2.27. The van der Waals surface area contributed by atoms with E-state index >= 15 is 0 Å². The Morgan fingerprint density at radius 3 is 2.50 bits per heavy atom. The highest BCUT2D eigenvalue weighted by Crippen LogP contribution is 2.52. The van der Waals surface area contributed by atoms with Gasteiger partial charge < -0.3 is 4.57 Å². The number of imidazole rings is 1. The second-order valence-corrected chi connectivity index (χ2v) is 14.4. The molecule has 0 atom stereocenters. The minimum absolute atomic E-state index is 0.260. The van der Waals surface area contributed by atoms with E-state index in [1.54, 1.807) is 0 Å². The van der Waals surface area contributed by atoms with Crippen LogP contribution in [0.4, 0.5) is 0 Å². The van der Waals surface area contributed by atoms with Crippen LogP contribution in [0.5, 0.6) is 0 Å². The second-order valence-electron chi connectivity index (χ2n) is 9.36. The fourth-order valence-electron chi connectivity index (χ4n) is 3.72. The molecule has 0 spiro atoms. The van der Waals surface area contributed by atoms with Crippen molar-refractivity contribution in [3.05, 3.63) is 47.3 Å². The van der Waals surface area contributed by atoms with Crippen LogP contribution in [-0.4, -0.2) is 47.2 Å². The van der Waals surface area contributed by atoms with Crippen LogP contribution >= 0.6 is 21.6 Å². The van der Waals surface area contributed by atoms with Gasteiger partial charge in [0.1, 0.15) is 5.82 Å². The Balaban J connectivity index is 1.78. The van der Waals surface area contributed by atoms with E-state index in [9.17, 15) is 0 Å². The molecule has 3 aromatic heterocycles. The Labute approximate surface area is 184 Å². The summed E-state index contributed by atoms with van der Waals surface area (Å²) in [5, 5.41) is 4.56. The minimum atomic E-state index is -0.732. The summed E-state index contributed by atoms with van der Waals surface area (Å²) in [5.74, 6) is 2.24. The first kappa shape index (κ1) is 21.2. The SMILES string of the molecule is Cc1nc(Cl)nn2ccc(-c3ccc4nc(C)n(CCS(C)(C)C(C)(C)C)c4c3)c12. The summed E-state index contributed by atoms with van der Waals surface area (Å²) in [6, 6.07) is 8.57. The Morgan fingerprint density at radius 2 is 1.80 bits per heavy atom. The average molecular weight is 444 g/mol. The van der Waals surface area contributed by atoms with Crippen molar-refractivity contribution in [3.63, 3.8) is 0 Å². The summed E-state index contributed by atoms with van der Waals surface area (Å²) in [5.41, 5.74) is 6.33. The lowest BCUT2D eigenvalue weighted by Gasteiger charge is -2.44. The summed E-state index contributed by atoms with van der Waals surface area (Å²) >= 11 is 6.03. The number of hydrogen-bond acceptors (Lipinski definition) is 3. The van der Waals surface area contributed by atoms with Crippen LogP contribution in [0.25, 0.3) is 27.7 Å². The molecule has 0 unspecified atom stereocenters. The zero-order valence-corrected chi connectivity index (χ0v) is 20.4. The lowest BCUT2D eigenvalue weighted by molar-refractivity contribution is 0.737. The molecule has 7 heteroatoms. The number of hydrogen-bond donors (Lipinski definition) is 0. The predicted octanol–water partition coefficient (Wildman–Crippen LogP) is 5.88. The van der Waals surface area contributed by atoms with Crippen LogP contribution in [-0.2, 0) is 6.54 Å². The van der Waals surface area contributed by atoms with E-state index in [2.05, 4.69) is 79.1 Å². The molecule has 30 heavy (non-hydrogen) atoms. The predicted molar refractivity (Wildman–Crippen MR) is 130 cm³/mol. The Hall–Kier alpha value is -2.05. The highest BCUT2D eigenvalue weighted by molar-refractivity contribution is 8.33. The van der Waals surface area contributed by atoms with Gasteiger partial charge in [0.05, 0.1) is 22.2 Å². The zero-order chi connectivity index (χ0) is 21.8. The summed E-state index contributed by atoms with van der Waals surface area (Å²) in [4.78, 5) is 9.16. The molecule has 0 aliphatic rings. The van der Waals surface area contributed by atoms with E-state index in [4.69, 9.17) is 16.6 Å². The van der Waals surface area contributed by atoms with Gasteiger partial charge in [-0.05, 0) is 72.2 Å². The summed E-state index contributed by atoms with van der Waals surface area (Å²) in [7, 11) is -0.732. The van der Waals surface area contributed by atoms with Gasteiger partial charge in [0.2, 0.25) is 5.28 Å². The van der Waals surface area contributed by atoms with Crippen LogP contribution in [0, 0.1) is 13.8 Å². The van der Waals surface area contributed by atoms with Gasteiger partial charge in [0.25, 0.3) is 0 Å². The van der Waals surface area contributed by atoms with Crippen LogP contribution in [0.2, 0.25) is 5.28 Å². The third kappa shape index (κ3) is 3.60. The van der Waals surface area contributed by atoms with Crippen molar-refractivity contribution in [1.82, 2.24) is 24.1 Å². The topological polar surface area (TPSA) is 48.0 Å². The van der Waals surface area contributed by atoms with Gasteiger partial charge in [-0.25, -0.2) is 24.5 Å². The van der Waals surface area contributed by atoms with Gasteiger partial charge in [-0.1, -0.05) is 26.8 Å². The zero-order valence-electron chi connectivity index (χ0n) is 18.8. The molecular weight excluding hydrogens is 414 g/mol. The highest BCUT2D eigenvalue weighted by Gasteiger charge is 2.27. The smallest absolute Gasteiger partial charge is 0.241 e. The van der Waals surface area contributed by atoms with Crippen molar-refractivity contribution in [1.29, 1.82) is 0 Å². The van der Waals surface area contributed by atoms with Crippen LogP contribution in [0.1, 0.15) is 32.3 Å². The van der Waals surface area contributed by atoms with Crippen LogP contribution in [0.3, 0.4) is 0 Å². The Morgan fingerprint density at radius 1 is 1.07 bits per heavy atom. The molecule has 4 aromatic rings. The molecule has 0 aliphatic heterocycles. The van der Waals surface area contributed by atoms with Gasteiger partial charge in [0, 0.05) is 18.3 Å². The fraction of sp³-hybridized carbons (Fsp3) is 0.435. The first-order valence-electron chi connectivity index (χ1n) is 10.2. The molecule has 0 fully saturated rings. The van der Waals surface area contributed by atoms with E-state index < -0.39 is 10.0 Å². The standard InChI is InChI=1S/C23H30ClN5S/c1-15-21-18(10-11-29(21)27-22(24)25-15)17-8-9-19-20(14-17)28(16(2)26-19)12-13-30(6,7)23(3,4)5/h8-11,14H,12-13H2,1-7H3. The monoisotopic (exact) mass is 443 g/mol. The molecule has 3 heterocycles. The molecule has 0 radical (unpaired) electrons. The van der Waals surface area contributed by atoms with Gasteiger partial charge >= 0.3 is 0 Å². The maximum absolute atomic E-state index is 6.03. The summed E-state index contributed by atoms with van der Waals surface area (Å²) < 4.78 is 4.51. The normalized spacial score (nSPS) is 13.5. The lowest BCUT2D eigenvalue weighted by atomic mass is 10.1. The maximum Gasteiger partial charge on any atom is 0.241 e. The number of rotatable bonds is 4. The van der Waals surface area contributed by atoms with Gasteiger partial charge in [-0.2, -0.15) is 0 Å². The van der Waals surface area contributed by atoms with Gasteiger partial charge in [-0.15, -0.1) is 5.10 Å². The number of aromatic nitrogens is 5. The number of nitrogens with zero attached hydrogens (tertiary/aromatic N) is 5. The third-order valence-corrected chi connectivity index (χ3v) is 11.1. The van der Waals surface area contributed by atoms with Crippen molar-refractivity contribution in [3.8, 4) is 11.1 Å². The molecule has 0 N–H and O–H groups in total. The van der Waals surface area contributed by atoms with Crippen molar-refractivity contribution in [2.24, 2.45) is 0 Å². The summed E-state index contributed by atoms with van der Waals surface area (Å²) in [6.45, 7) is 12.1. The molecule has 1 aromatic carbocycles. The van der Waals surface area contributed by atoms with Crippen molar-refractivity contribution in [2.45, 2.75) is 45.9 Å². The highest BCUT2D eigenvalue weighted by atomic mass is 35.5. The molecular formula is C23H30ClN5S. The van der Waals surface area contributed by atoms with Crippen LogP contribution < -0.4 is 0 Å². The molecule has 160 valence electrons. The maximum atomic E-state index is 6.03. The minimum Gasteiger partial charge on any atom is -0.327 e.